The second-order valence-electron chi connectivity index (χ2n) is 9.20. The van der Waals surface area contributed by atoms with Crippen molar-refractivity contribution in [2.24, 2.45) is 5.41 Å². The van der Waals surface area contributed by atoms with Crippen LogP contribution in [-0.4, -0.2) is 22.2 Å². The summed E-state index contributed by atoms with van der Waals surface area (Å²) in [5, 5.41) is 19.4. The van der Waals surface area contributed by atoms with E-state index in [4.69, 9.17) is 0 Å². The maximum atomic E-state index is 11.8. The molecule has 0 saturated heterocycles. The Hall–Kier alpha value is -0.0600. The van der Waals surface area contributed by atoms with E-state index in [0.717, 1.165) is 25.7 Å². The number of aliphatic carboxylic acids is 2. The Morgan fingerprint density at radius 3 is 0.968 bits per heavy atom. The Labute approximate surface area is 216 Å². The number of carboxylic acids is 2. The fourth-order valence-electron chi connectivity index (χ4n) is 4.30. The van der Waals surface area contributed by atoms with Crippen LogP contribution in [-0.2, 0) is 9.59 Å². The van der Waals surface area contributed by atoms with Crippen molar-refractivity contribution in [3.8, 4) is 0 Å². The zero-order valence-corrected chi connectivity index (χ0v) is 23.1. The van der Waals surface area contributed by atoms with Gasteiger partial charge in [0, 0.05) is 0 Å². The van der Waals surface area contributed by atoms with Gasteiger partial charge >= 0.3 is 41.5 Å². The molecule has 0 saturated carbocycles. The van der Waals surface area contributed by atoms with Crippen LogP contribution in [0.15, 0.2) is 0 Å². The molecule has 0 aromatic heterocycles. The van der Waals surface area contributed by atoms with Crippen LogP contribution in [0.25, 0.3) is 0 Å². The minimum absolute atomic E-state index is 0. The van der Waals surface area contributed by atoms with Gasteiger partial charge in [-0.3, -0.25) is 9.59 Å². The molecule has 0 spiro atoms. The maximum Gasteiger partial charge on any atom is 1.00 e. The molecule has 2 N–H and O–H groups in total. The van der Waals surface area contributed by atoms with Crippen LogP contribution in [0.3, 0.4) is 0 Å². The summed E-state index contributed by atoms with van der Waals surface area (Å²) in [7, 11) is 0. The van der Waals surface area contributed by atoms with Crippen LogP contribution in [0.2, 0.25) is 0 Å². The zero-order chi connectivity index (χ0) is 22.5. The van der Waals surface area contributed by atoms with Crippen LogP contribution < -0.4 is 29.6 Å². The van der Waals surface area contributed by atoms with Gasteiger partial charge in [-0.2, -0.15) is 0 Å². The first kappa shape index (κ1) is 33.1. The first-order chi connectivity index (χ1) is 14.5. The second kappa shape index (κ2) is 23.1. The van der Waals surface area contributed by atoms with Crippen molar-refractivity contribution in [2.75, 3.05) is 0 Å². The predicted molar refractivity (Wildman–Crippen MR) is 127 cm³/mol. The molecular weight excluding hydrogens is 399 g/mol. The SMILES string of the molecule is CCCCCCCCCCCCC(CCCCCCCCCCC)(C(=O)O)C(=O)O.[H-].[Na+]. The Morgan fingerprint density at radius 1 is 0.516 bits per heavy atom. The molecule has 0 unspecified atom stereocenters. The fraction of sp³-hybridized carbons (Fsp3) is 0.923. The van der Waals surface area contributed by atoms with Crippen molar-refractivity contribution < 1.29 is 50.8 Å². The second-order valence-corrected chi connectivity index (χ2v) is 9.20. The summed E-state index contributed by atoms with van der Waals surface area (Å²) in [5.74, 6) is -2.30. The van der Waals surface area contributed by atoms with Gasteiger partial charge in [-0.25, -0.2) is 0 Å². The standard InChI is InChI=1S/C26H50O4.Na.H/c1-3-5-7-9-11-13-15-17-19-21-23-26(24(27)28,25(29)30)22-20-18-16-14-12-10-8-6-4-2;;/h3-23H2,1-2H3,(H,27,28)(H,29,30);;/q;+1;-1. The van der Waals surface area contributed by atoms with E-state index in [1.807, 2.05) is 0 Å². The first-order valence-electron chi connectivity index (χ1n) is 13.0. The van der Waals surface area contributed by atoms with Gasteiger partial charge in [0.15, 0.2) is 5.41 Å². The molecule has 5 heteroatoms. The number of hydrogen-bond acceptors (Lipinski definition) is 2. The minimum atomic E-state index is -1.58. The van der Waals surface area contributed by atoms with Gasteiger partial charge in [-0.05, 0) is 12.8 Å². The molecule has 0 aromatic rings. The molecule has 0 aromatic carbocycles. The average Bonchev–Trinajstić information content (AvgIpc) is 2.71. The molecule has 0 bridgehead atoms. The summed E-state index contributed by atoms with van der Waals surface area (Å²) in [6.07, 6.45) is 22.5. The van der Waals surface area contributed by atoms with Crippen LogP contribution in [0.1, 0.15) is 150 Å². The molecule has 4 nitrogen and oxygen atoms in total. The molecule has 0 aliphatic heterocycles. The molecule has 0 amide bonds. The Kier molecular flexibility index (Phi) is 24.7. The smallest absolute Gasteiger partial charge is 1.00 e. The van der Waals surface area contributed by atoms with Crippen molar-refractivity contribution in [2.45, 2.75) is 149 Å². The molecule has 0 rings (SSSR count). The van der Waals surface area contributed by atoms with Crippen LogP contribution in [0, 0.1) is 5.41 Å². The third-order valence-electron chi connectivity index (χ3n) is 6.48. The average molecular weight is 451 g/mol. The maximum absolute atomic E-state index is 11.8. The summed E-state index contributed by atoms with van der Waals surface area (Å²) >= 11 is 0. The van der Waals surface area contributed by atoms with Crippen LogP contribution >= 0.6 is 0 Å². The number of rotatable bonds is 23. The topological polar surface area (TPSA) is 74.6 Å². The van der Waals surface area contributed by atoms with Crippen LogP contribution in [0.5, 0.6) is 0 Å². The van der Waals surface area contributed by atoms with Crippen molar-refractivity contribution in [1.82, 2.24) is 0 Å². The Balaban J connectivity index is -0.00000420. The number of carbonyl (C=O) groups is 2. The van der Waals surface area contributed by atoms with E-state index >= 15 is 0 Å². The van der Waals surface area contributed by atoms with Crippen molar-refractivity contribution >= 4 is 11.9 Å². The molecule has 0 radical (unpaired) electrons. The molecule has 0 fully saturated rings. The summed E-state index contributed by atoms with van der Waals surface area (Å²) in [5.41, 5.74) is -1.58. The summed E-state index contributed by atoms with van der Waals surface area (Å²) in [4.78, 5) is 23.7. The van der Waals surface area contributed by atoms with Crippen LogP contribution in [0.4, 0.5) is 0 Å². The van der Waals surface area contributed by atoms with Gasteiger partial charge in [0.25, 0.3) is 0 Å². The normalized spacial score (nSPS) is 11.3. The molecule has 0 heterocycles. The molecule has 0 aliphatic rings. The van der Waals surface area contributed by atoms with Gasteiger partial charge in [-0.1, -0.05) is 136 Å². The quantitative estimate of drug-likeness (QED) is 0.123. The van der Waals surface area contributed by atoms with E-state index in [1.54, 1.807) is 0 Å². The number of carboxylic acid groups (broad SMARTS) is 2. The first-order valence-corrected chi connectivity index (χ1v) is 13.0. The summed E-state index contributed by atoms with van der Waals surface area (Å²) in [6.45, 7) is 4.44. The third kappa shape index (κ3) is 17.1. The largest absolute Gasteiger partial charge is 1.00 e. The molecular formula is C26H51NaO4. The third-order valence-corrected chi connectivity index (χ3v) is 6.48. The summed E-state index contributed by atoms with van der Waals surface area (Å²) in [6, 6.07) is 0. The Bertz CT molecular complexity index is 418. The van der Waals surface area contributed by atoms with E-state index in [0.29, 0.717) is 12.8 Å². The minimum Gasteiger partial charge on any atom is -1.00 e. The monoisotopic (exact) mass is 450 g/mol. The van der Waals surface area contributed by atoms with Crippen molar-refractivity contribution in [3.63, 3.8) is 0 Å². The zero-order valence-electron chi connectivity index (χ0n) is 22.1. The van der Waals surface area contributed by atoms with E-state index in [-0.39, 0.29) is 43.8 Å². The molecule has 0 aliphatic carbocycles. The van der Waals surface area contributed by atoms with E-state index in [1.165, 1.54) is 83.5 Å². The van der Waals surface area contributed by atoms with E-state index in [2.05, 4.69) is 13.8 Å². The van der Waals surface area contributed by atoms with Gasteiger partial charge in [0.2, 0.25) is 0 Å². The van der Waals surface area contributed by atoms with Gasteiger partial charge in [0.05, 0.1) is 0 Å². The Morgan fingerprint density at radius 2 is 0.742 bits per heavy atom. The van der Waals surface area contributed by atoms with Crippen molar-refractivity contribution in [3.05, 3.63) is 0 Å². The number of unbranched alkanes of at least 4 members (excludes halogenated alkanes) is 17. The fourth-order valence-corrected chi connectivity index (χ4v) is 4.30. The van der Waals surface area contributed by atoms with Crippen molar-refractivity contribution in [1.29, 1.82) is 0 Å². The number of hydrogen-bond donors (Lipinski definition) is 2. The van der Waals surface area contributed by atoms with E-state index < -0.39 is 17.4 Å². The van der Waals surface area contributed by atoms with Gasteiger partial charge in [0.1, 0.15) is 0 Å². The van der Waals surface area contributed by atoms with E-state index in [9.17, 15) is 19.8 Å². The molecule has 31 heavy (non-hydrogen) atoms. The van der Waals surface area contributed by atoms with Gasteiger partial charge < -0.3 is 11.6 Å². The molecule has 0 atom stereocenters. The molecule has 180 valence electrons. The predicted octanol–water partition coefficient (Wildman–Crippen LogP) is 5.49. The van der Waals surface area contributed by atoms with Gasteiger partial charge in [-0.15, -0.1) is 0 Å². The summed E-state index contributed by atoms with van der Waals surface area (Å²) < 4.78 is 0.